The highest BCUT2D eigenvalue weighted by Crippen LogP contribution is 2.33. The number of carbonyl (C=O) groups is 2. The third-order valence-corrected chi connectivity index (χ3v) is 6.55. The number of hydrogen-bond donors (Lipinski definition) is 2. The summed E-state index contributed by atoms with van der Waals surface area (Å²) >= 11 is 0. The van der Waals surface area contributed by atoms with Gasteiger partial charge in [-0.25, -0.2) is 15.0 Å². The van der Waals surface area contributed by atoms with Crippen molar-refractivity contribution in [3.63, 3.8) is 0 Å². The fourth-order valence-corrected chi connectivity index (χ4v) is 4.47. The van der Waals surface area contributed by atoms with Gasteiger partial charge in [0.05, 0.1) is 18.8 Å². The first-order valence-electron chi connectivity index (χ1n) is 11.7. The molecule has 2 fully saturated rings. The molecule has 0 radical (unpaired) electrons. The van der Waals surface area contributed by atoms with E-state index >= 15 is 0 Å². The molecule has 4 heterocycles. The molecule has 11 nitrogen and oxygen atoms in total. The van der Waals surface area contributed by atoms with Gasteiger partial charge in [0.2, 0.25) is 0 Å². The van der Waals surface area contributed by atoms with E-state index in [1.54, 1.807) is 24.3 Å². The van der Waals surface area contributed by atoms with Crippen molar-refractivity contribution in [1.82, 2.24) is 25.2 Å². The van der Waals surface area contributed by atoms with E-state index < -0.39 is 5.91 Å². The highest BCUT2D eigenvalue weighted by atomic mass is 16.5. The summed E-state index contributed by atoms with van der Waals surface area (Å²) in [6, 6.07) is 8.77. The summed E-state index contributed by atoms with van der Waals surface area (Å²) < 4.78 is 5.04. The maximum atomic E-state index is 12.7. The lowest BCUT2D eigenvalue weighted by molar-refractivity contribution is -0.147. The summed E-state index contributed by atoms with van der Waals surface area (Å²) in [6.07, 6.45) is 5.17. The lowest BCUT2D eigenvalue weighted by atomic mass is 10.1. The number of ether oxygens (including phenoxy) is 1. The normalized spacial score (nSPS) is 18.0. The van der Waals surface area contributed by atoms with Gasteiger partial charge >= 0.3 is 5.97 Å². The number of piperazine rings is 1. The summed E-state index contributed by atoms with van der Waals surface area (Å²) in [5.74, 6) is -0.384. The number of aromatic nitrogens is 3. The highest BCUT2D eigenvalue weighted by molar-refractivity contribution is 6.00. The molecule has 3 aromatic rings. The number of pyridine rings is 3. The zero-order chi connectivity index (χ0) is 25.2. The Morgan fingerprint density at radius 2 is 2.03 bits per heavy atom. The molecule has 1 saturated heterocycles. The summed E-state index contributed by atoms with van der Waals surface area (Å²) in [5.41, 5.74) is 1.33. The van der Waals surface area contributed by atoms with Gasteiger partial charge in [-0.15, -0.1) is 0 Å². The van der Waals surface area contributed by atoms with Crippen LogP contribution in [0, 0.1) is 11.3 Å². The molecule has 2 aliphatic rings. The molecular formula is C25H25N7O4. The molecular weight excluding hydrogens is 462 g/mol. The predicted octanol–water partition coefficient (Wildman–Crippen LogP) is 1.36. The number of nitriles is 1. The van der Waals surface area contributed by atoms with Crippen LogP contribution in [0.2, 0.25) is 0 Å². The van der Waals surface area contributed by atoms with Crippen LogP contribution in [0.4, 0.5) is 5.82 Å². The summed E-state index contributed by atoms with van der Waals surface area (Å²) in [7, 11) is 1.41. The molecule has 1 aliphatic carbocycles. The molecule has 3 aromatic heterocycles. The molecule has 1 saturated carbocycles. The van der Waals surface area contributed by atoms with E-state index in [0.29, 0.717) is 41.4 Å². The number of anilines is 1. The van der Waals surface area contributed by atoms with Gasteiger partial charge in [-0.05, 0) is 36.6 Å². The lowest BCUT2D eigenvalue weighted by Crippen LogP contribution is -2.57. The molecule has 0 spiro atoms. The average molecular weight is 488 g/mol. The number of hydrogen-bond acceptors (Lipinski definition) is 10. The molecule has 184 valence electrons. The Hall–Kier alpha value is -4.30. The number of nitrogens with one attached hydrogen (secondary N) is 1. The molecule has 36 heavy (non-hydrogen) atoms. The second-order valence-corrected chi connectivity index (χ2v) is 8.86. The van der Waals surface area contributed by atoms with Crippen molar-refractivity contribution in [3.8, 4) is 11.8 Å². The molecule has 0 aromatic carbocycles. The summed E-state index contributed by atoms with van der Waals surface area (Å²) in [6.45, 7) is 2.09. The van der Waals surface area contributed by atoms with E-state index in [4.69, 9.17) is 10.00 Å². The third-order valence-electron chi connectivity index (χ3n) is 6.55. The smallest absolute Gasteiger partial charge is 0.324 e. The first-order chi connectivity index (χ1) is 17.5. The highest BCUT2D eigenvalue weighted by Gasteiger charge is 2.41. The van der Waals surface area contributed by atoms with Crippen LogP contribution in [-0.2, 0) is 16.1 Å². The number of rotatable bonds is 6. The van der Waals surface area contributed by atoms with Gasteiger partial charge in [0.25, 0.3) is 5.91 Å². The summed E-state index contributed by atoms with van der Waals surface area (Å²) in [5, 5.41) is 22.7. The van der Waals surface area contributed by atoms with Crippen LogP contribution in [-0.4, -0.2) is 75.7 Å². The number of nitrogens with zero attached hydrogens (tertiary/aromatic N) is 6. The number of carbonyl (C=O) groups excluding carboxylic acids is 2. The SMILES string of the molecule is COC(=O)[C@H]1CN(c2ccc3c(O)c(C(=O)NCc4ccc(C#N)nc4)ncc3n2)CCN1C1CC1. The Labute approximate surface area is 207 Å². The second kappa shape index (κ2) is 9.75. The van der Waals surface area contributed by atoms with Gasteiger partial charge in [-0.3, -0.25) is 14.5 Å². The zero-order valence-corrected chi connectivity index (χ0v) is 19.7. The van der Waals surface area contributed by atoms with Crippen LogP contribution in [0.3, 0.4) is 0 Å². The minimum atomic E-state index is -0.542. The van der Waals surface area contributed by atoms with Gasteiger partial charge in [0.15, 0.2) is 11.4 Å². The molecule has 11 heteroatoms. The zero-order valence-electron chi connectivity index (χ0n) is 19.7. The molecule has 0 bridgehead atoms. The Kier molecular flexibility index (Phi) is 6.35. The number of methoxy groups -OCH3 is 1. The Balaban J connectivity index is 1.31. The number of esters is 1. The van der Waals surface area contributed by atoms with Crippen LogP contribution in [0.25, 0.3) is 10.9 Å². The van der Waals surface area contributed by atoms with E-state index in [0.717, 1.165) is 19.4 Å². The summed E-state index contributed by atoms with van der Waals surface area (Å²) in [4.78, 5) is 42.1. The lowest BCUT2D eigenvalue weighted by Gasteiger charge is -2.40. The standard InChI is InChI=1S/C25H25N7O4/c1-36-25(35)20-14-31(8-9-32(20)17-4-5-17)21-7-6-18-19(30-21)13-28-22(23(18)33)24(34)29-12-15-2-3-16(10-26)27-11-15/h2-3,6-7,11,13,17,20,33H,4-5,8-9,12,14H2,1H3,(H,29,34)/t20-/m1/s1. The Morgan fingerprint density at radius 1 is 1.19 bits per heavy atom. The molecule has 1 atom stereocenters. The van der Waals surface area contributed by atoms with Gasteiger partial charge in [0.1, 0.15) is 23.6 Å². The maximum Gasteiger partial charge on any atom is 0.324 e. The first kappa shape index (κ1) is 23.4. The fourth-order valence-electron chi connectivity index (χ4n) is 4.47. The van der Waals surface area contributed by atoms with E-state index in [1.165, 1.54) is 19.5 Å². The van der Waals surface area contributed by atoms with Crippen LogP contribution < -0.4 is 10.2 Å². The minimum Gasteiger partial charge on any atom is -0.505 e. The van der Waals surface area contributed by atoms with Crippen LogP contribution in [0.1, 0.15) is 34.6 Å². The molecule has 0 unspecified atom stereocenters. The molecule has 2 N–H and O–H groups in total. The van der Waals surface area contributed by atoms with Crippen LogP contribution in [0.15, 0.2) is 36.7 Å². The largest absolute Gasteiger partial charge is 0.505 e. The first-order valence-corrected chi connectivity index (χ1v) is 11.7. The van der Waals surface area contributed by atoms with Crippen molar-refractivity contribution in [2.75, 3.05) is 31.6 Å². The van der Waals surface area contributed by atoms with Crippen molar-refractivity contribution >= 4 is 28.6 Å². The Bertz CT molecular complexity index is 1350. The van der Waals surface area contributed by atoms with E-state index in [-0.39, 0.29) is 35.7 Å². The minimum absolute atomic E-state index is 0.109. The quantitative estimate of drug-likeness (QED) is 0.489. The number of aromatic hydroxyl groups is 1. The van der Waals surface area contributed by atoms with Gasteiger partial charge in [-0.2, -0.15) is 5.26 Å². The molecule has 5 rings (SSSR count). The van der Waals surface area contributed by atoms with Crippen molar-refractivity contribution in [2.45, 2.75) is 31.5 Å². The van der Waals surface area contributed by atoms with Crippen molar-refractivity contribution in [1.29, 1.82) is 5.26 Å². The topological polar surface area (TPSA) is 145 Å². The maximum absolute atomic E-state index is 12.7. The van der Waals surface area contributed by atoms with E-state index in [1.807, 2.05) is 11.0 Å². The van der Waals surface area contributed by atoms with Gasteiger partial charge in [-0.1, -0.05) is 6.07 Å². The van der Waals surface area contributed by atoms with Gasteiger partial charge < -0.3 is 20.1 Å². The van der Waals surface area contributed by atoms with E-state index in [2.05, 4.69) is 25.2 Å². The van der Waals surface area contributed by atoms with Gasteiger partial charge in [0, 0.05) is 43.8 Å². The van der Waals surface area contributed by atoms with Crippen molar-refractivity contribution in [3.05, 3.63) is 53.6 Å². The molecule has 1 amide bonds. The van der Waals surface area contributed by atoms with E-state index in [9.17, 15) is 14.7 Å². The molecule has 1 aliphatic heterocycles. The monoisotopic (exact) mass is 487 g/mol. The van der Waals surface area contributed by atoms with Crippen LogP contribution in [0.5, 0.6) is 5.75 Å². The Morgan fingerprint density at radius 3 is 2.72 bits per heavy atom. The number of amides is 1. The fraction of sp³-hybridized carbons (Fsp3) is 0.360. The van der Waals surface area contributed by atoms with Crippen LogP contribution >= 0.6 is 0 Å². The van der Waals surface area contributed by atoms with Crippen molar-refractivity contribution in [2.24, 2.45) is 0 Å². The average Bonchev–Trinajstić information content (AvgIpc) is 3.77. The third kappa shape index (κ3) is 4.63. The van der Waals surface area contributed by atoms with Crippen molar-refractivity contribution < 1.29 is 19.4 Å². The number of fused-ring (bicyclic) bond motifs is 1. The predicted molar refractivity (Wildman–Crippen MR) is 129 cm³/mol. The second-order valence-electron chi connectivity index (χ2n) is 8.86.